The number of aromatic nitrogens is 3. The minimum atomic E-state index is 0.0556. The van der Waals surface area contributed by atoms with Crippen LogP contribution in [0.1, 0.15) is 21.3 Å². The monoisotopic (exact) mass is 348 g/mol. The molecule has 2 aromatic heterocycles. The van der Waals surface area contributed by atoms with E-state index in [1.54, 1.807) is 52.9 Å². The fourth-order valence-electron chi connectivity index (χ4n) is 1.97. The lowest BCUT2D eigenvalue weighted by Gasteiger charge is -2.09. The molecule has 0 aromatic carbocycles. The highest BCUT2D eigenvalue weighted by atomic mass is 35.5. The Bertz CT molecular complexity index is 783. The predicted octanol–water partition coefficient (Wildman–Crippen LogP) is 3.61. The van der Waals surface area contributed by atoms with E-state index in [0.717, 1.165) is 22.0 Å². The SMILES string of the molecule is N#C/C(=C1/SCC(c2ncc(C=O)cc2Cl)S1)n1ccnc1. The highest BCUT2D eigenvalue weighted by Crippen LogP contribution is 2.52. The molecule has 0 bridgehead atoms. The Kier molecular flexibility index (Phi) is 4.52. The molecule has 1 aliphatic heterocycles. The summed E-state index contributed by atoms with van der Waals surface area (Å²) in [4.78, 5) is 19.0. The number of imidazole rings is 1. The summed E-state index contributed by atoms with van der Waals surface area (Å²) >= 11 is 9.37. The summed E-state index contributed by atoms with van der Waals surface area (Å²) < 4.78 is 2.62. The highest BCUT2D eigenvalue weighted by Gasteiger charge is 2.28. The molecule has 22 heavy (non-hydrogen) atoms. The average Bonchev–Trinajstić information content (AvgIpc) is 3.20. The van der Waals surface area contributed by atoms with Gasteiger partial charge in [0.2, 0.25) is 0 Å². The molecule has 1 saturated heterocycles. The maximum Gasteiger partial charge on any atom is 0.151 e. The van der Waals surface area contributed by atoms with Crippen molar-refractivity contribution >= 4 is 47.1 Å². The van der Waals surface area contributed by atoms with E-state index in [4.69, 9.17) is 11.6 Å². The van der Waals surface area contributed by atoms with Gasteiger partial charge in [-0.2, -0.15) is 5.26 Å². The van der Waals surface area contributed by atoms with E-state index in [2.05, 4.69) is 16.0 Å². The van der Waals surface area contributed by atoms with Gasteiger partial charge < -0.3 is 0 Å². The maximum atomic E-state index is 10.7. The van der Waals surface area contributed by atoms with Gasteiger partial charge >= 0.3 is 0 Å². The van der Waals surface area contributed by atoms with Crippen LogP contribution in [0.15, 0.2) is 35.2 Å². The van der Waals surface area contributed by atoms with Gasteiger partial charge in [-0.1, -0.05) is 11.6 Å². The van der Waals surface area contributed by atoms with Crippen LogP contribution in [0, 0.1) is 11.3 Å². The fraction of sp³-hybridized carbons (Fsp3) is 0.143. The first kappa shape index (κ1) is 15.2. The zero-order chi connectivity index (χ0) is 15.5. The molecule has 1 atom stereocenters. The number of rotatable bonds is 3. The molecule has 110 valence electrons. The van der Waals surface area contributed by atoms with E-state index in [1.165, 1.54) is 6.20 Å². The van der Waals surface area contributed by atoms with Crippen LogP contribution in [0.2, 0.25) is 5.02 Å². The first-order valence-electron chi connectivity index (χ1n) is 6.25. The van der Waals surface area contributed by atoms with Crippen LogP contribution in [-0.4, -0.2) is 26.6 Å². The summed E-state index contributed by atoms with van der Waals surface area (Å²) in [6.07, 6.45) is 7.21. The van der Waals surface area contributed by atoms with Crippen molar-refractivity contribution in [1.29, 1.82) is 5.26 Å². The van der Waals surface area contributed by atoms with Gasteiger partial charge in [0.25, 0.3) is 0 Å². The number of hydrogen-bond acceptors (Lipinski definition) is 6. The van der Waals surface area contributed by atoms with E-state index < -0.39 is 0 Å². The van der Waals surface area contributed by atoms with Crippen LogP contribution in [0.3, 0.4) is 0 Å². The Morgan fingerprint density at radius 1 is 1.59 bits per heavy atom. The van der Waals surface area contributed by atoms with E-state index in [0.29, 0.717) is 16.3 Å². The molecule has 1 fully saturated rings. The number of carbonyl (C=O) groups is 1. The van der Waals surface area contributed by atoms with Gasteiger partial charge in [0.1, 0.15) is 11.8 Å². The smallest absolute Gasteiger partial charge is 0.151 e. The van der Waals surface area contributed by atoms with Crippen molar-refractivity contribution in [3.63, 3.8) is 0 Å². The number of pyridine rings is 1. The van der Waals surface area contributed by atoms with Crippen LogP contribution in [-0.2, 0) is 0 Å². The van der Waals surface area contributed by atoms with Crippen LogP contribution in [0.4, 0.5) is 0 Å². The van der Waals surface area contributed by atoms with Crippen LogP contribution in [0.5, 0.6) is 0 Å². The molecule has 5 nitrogen and oxygen atoms in total. The fourth-order valence-corrected chi connectivity index (χ4v) is 5.21. The first-order chi connectivity index (χ1) is 10.7. The Labute approximate surface area is 140 Å². The third-order valence-electron chi connectivity index (χ3n) is 3.01. The first-order valence-corrected chi connectivity index (χ1v) is 8.50. The minimum absolute atomic E-state index is 0.0556. The van der Waals surface area contributed by atoms with E-state index >= 15 is 0 Å². The molecule has 0 radical (unpaired) electrons. The van der Waals surface area contributed by atoms with E-state index in [9.17, 15) is 10.1 Å². The van der Waals surface area contributed by atoms with Gasteiger partial charge in [-0.3, -0.25) is 14.3 Å². The number of nitriles is 1. The molecule has 1 aliphatic rings. The van der Waals surface area contributed by atoms with Crippen LogP contribution >= 0.6 is 35.1 Å². The number of allylic oxidation sites excluding steroid dienone is 1. The number of nitrogens with zero attached hydrogens (tertiary/aromatic N) is 4. The molecule has 2 aromatic rings. The van der Waals surface area contributed by atoms with Crippen LogP contribution < -0.4 is 0 Å². The molecule has 3 heterocycles. The number of carbonyl (C=O) groups excluding carboxylic acids is 1. The van der Waals surface area contributed by atoms with Crippen molar-refractivity contribution in [2.75, 3.05) is 5.75 Å². The summed E-state index contributed by atoms with van der Waals surface area (Å²) in [5.74, 6) is 0.771. The summed E-state index contributed by atoms with van der Waals surface area (Å²) in [5.41, 5.74) is 1.75. The number of aldehydes is 1. The second kappa shape index (κ2) is 6.57. The molecule has 0 spiro atoms. The summed E-state index contributed by atoms with van der Waals surface area (Å²) in [6.45, 7) is 0. The molecule has 0 aliphatic carbocycles. The Morgan fingerprint density at radius 3 is 3.09 bits per heavy atom. The quantitative estimate of drug-likeness (QED) is 0.623. The number of halogens is 1. The third-order valence-corrected chi connectivity index (χ3v) is 6.20. The lowest BCUT2D eigenvalue weighted by atomic mass is 10.2. The van der Waals surface area contributed by atoms with Gasteiger partial charge in [0.05, 0.1) is 26.5 Å². The van der Waals surface area contributed by atoms with Gasteiger partial charge in [-0.25, -0.2) is 4.98 Å². The van der Waals surface area contributed by atoms with Crippen LogP contribution in [0.25, 0.3) is 5.70 Å². The van der Waals surface area contributed by atoms with Crippen molar-refractivity contribution < 1.29 is 4.79 Å². The Hall–Kier alpha value is -1.75. The molecule has 0 amide bonds. The van der Waals surface area contributed by atoms with Gasteiger partial charge in [0, 0.05) is 29.9 Å². The summed E-state index contributed by atoms with van der Waals surface area (Å²) in [7, 11) is 0. The van der Waals surface area contributed by atoms with Crippen molar-refractivity contribution in [2.45, 2.75) is 5.25 Å². The second-order valence-electron chi connectivity index (χ2n) is 4.39. The van der Waals surface area contributed by atoms with Crippen molar-refractivity contribution in [1.82, 2.24) is 14.5 Å². The molecular weight excluding hydrogens is 340 g/mol. The topological polar surface area (TPSA) is 71.6 Å². The zero-order valence-corrected chi connectivity index (χ0v) is 13.5. The number of thioether (sulfide) groups is 2. The normalized spacial score (nSPS) is 19.7. The predicted molar refractivity (Wildman–Crippen MR) is 88.5 cm³/mol. The third kappa shape index (κ3) is 2.90. The highest BCUT2D eigenvalue weighted by molar-refractivity contribution is 8.25. The lowest BCUT2D eigenvalue weighted by Crippen LogP contribution is -1.98. The molecule has 8 heteroatoms. The average molecular weight is 349 g/mol. The Balaban J connectivity index is 1.89. The molecule has 0 N–H and O–H groups in total. The molecule has 3 rings (SSSR count). The second-order valence-corrected chi connectivity index (χ2v) is 7.30. The van der Waals surface area contributed by atoms with Gasteiger partial charge in [-0.05, 0) is 6.07 Å². The van der Waals surface area contributed by atoms with E-state index in [1.807, 2.05) is 0 Å². The standard InChI is InChI=1S/C14H9ClN4OS2/c15-10-3-9(6-20)5-18-13(10)12-7-21-14(22-12)11(4-16)19-2-1-17-8-19/h1-3,5-6,8,12H,7H2/b14-11+. The zero-order valence-electron chi connectivity index (χ0n) is 11.1. The van der Waals surface area contributed by atoms with Crippen molar-refractivity contribution in [2.24, 2.45) is 0 Å². The summed E-state index contributed by atoms with van der Waals surface area (Å²) in [5, 5.41) is 9.91. The van der Waals surface area contributed by atoms with E-state index in [-0.39, 0.29) is 5.25 Å². The maximum absolute atomic E-state index is 10.7. The Morgan fingerprint density at radius 2 is 2.45 bits per heavy atom. The number of hydrogen-bond donors (Lipinski definition) is 0. The molecule has 1 unspecified atom stereocenters. The van der Waals surface area contributed by atoms with Crippen molar-refractivity contribution in [3.8, 4) is 6.07 Å². The molecule has 0 saturated carbocycles. The van der Waals surface area contributed by atoms with Crippen molar-refractivity contribution in [3.05, 3.63) is 51.5 Å². The molecular formula is C14H9ClN4OS2. The summed E-state index contributed by atoms with van der Waals surface area (Å²) in [6, 6.07) is 3.83. The van der Waals surface area contributed by atoms with Gasteiger partial charge in [-0.15, -0.1) is 23.5 Å². The van der Waals surface area contributed by atoms with Gasteiger partial charge in [0.15, 0.2) is 6.29 Å². The lowest BCUT2D eigenvalue weighted by molar-refractivity contribution is 0.112. The minimum Gasteiger partial charge on any atom is -0.298 e. The largest absolute Gasteiger partial charge is 0.298 e.